The Morgan fingerprint density at radius 2 is 1.84 bits per heavy atom. The fraction of sp³-hybridized carbons (Fsp3) is 0.714. The summed E-state index contributed by atoms with van der Waals surface area (Å²) in [5.41, 5.74) is 1.99. The molecule has 0 saturated carbocycles. The van der Waals surface area contributed by atoms with Crippen molar-refractivity contribution in [3.05, 3.63) is 17.5 Å². The van der Waals surface area contributed by atoms with E-state index in [9.17, 15) is 4.21 Å². The molecule has 1 atom stereocenters. The van der Waals surface area contributed by atoms with Crippen molar-refractivity contribution in [3.8, 4) is 0 Å². The average Bonchev–Trinajstić information content (AvgIpc) is 2.38. The largest absolute Gasteiger partial charge is 0.338 e. The zero-order valence-electron chi connectivity index (χ0n) is 12.3. The second-order valence-corrected chi connectivity index (χ2v) is 7.28. The van der Waals surface area contributed by atoms with Gasteiger partial charge >= 0.3 is 0 Å². The van der Waals surface area contributed by atoms with E-state index in [2.05, 4.69) is 28.7 Å². The Labute approximate surface area is 118 Å². The molecule has 106 valence electrons. The highest BCUT2D eigenvalue weighted by Gasteiger charge is 2.39. The molecule has 5 heteroatoms. The fourth-order valence-corrected chi connectivity index (χ4v) is 4.49. The van der Waals surface area contributed by atoms with Gasteiger partial charge in [0.1, 0.15) is 0 Å². The van der Waals surface area contributed by atoms with Crippen molar-refractivity contribution in [1.82, 2.24) is 9.97 Å². The molecule has 19 heavy (non-hydrogen) atoms. The first-order valence-electron chi connectivity index (χ1n) is 6.96. The summed E-state index contributed by atoms with van der Waals surface area (Å²) < 4.78 is 12.2. The molecule has 2 heterocycles. The normalized spacial score (nSPS) is 22.5. The minimum Gasteiger partial charge on any atom is -0.338 e. The molecule has 0 aromatic carbocycles. The standard InChI is InChI=1S/C14H23N3OS/c1-5-14(6-2)10-17(7-8-19(14)18)13-15-11(3)9-12(4)16-13/h9H,5-8,10H2,1-4H3. The first-order valence-corrected chi connectivity index (χ1v) is 8.28. The van der Waals surface area contributed by atoms with Crippen molar-refractivity contribution in [2.24, 2.45) is 0 Å². The molecule has 4 nitrogen and oxygen atoms in total. The third-order valence-corrected chi connectivity index (χ3v) is 6.28. The van der Waals surface area contributed by atoms with E-state index in [0.717, 1.165) is 49.0 Å². The van der Waals surface area contributed by atoms with Crippen molar-refractivity contribution >= 4 is 16.7 Å². The van der Waals surface area contributed by atoms with Crippen LogP contribution in [0.2, 0.25) is 0 Å². The number of hydrogen-bond donors (Lipinski definition) is 0. The van der Waals surface area contributed by atoms with Crippen molar-refractivity contribution in [3.63, 3.8) is 0 Å². The lowest BCUT2D eigenvalue weighted by molar-refractivity contribution is 0.492. The number of rotatable bonds is 3. The molecule has 1 fully saturated rings. The van der Waals surface area contributed by atoms with Gasteiger partial charge in [-0.3, -0.25) is 4.21 Å². The van der Waals surface area contributed by atoms with Crippen molar-refractivity contribution in [2.75, 3.05) is 23.7 Å². The van der Waals surface area contributed by atoms with Gasteiger partial charge in [0, 0.05) is 41.0 Å². The summed E-state index contributed by atoms with van der Waals surface area (Å²) in [5, 5.41) is 0. The van der Waals surface area contributed by atoms with Crippen LogP contribution in [0.5, 0.6) is 0 Å². The summed E-state index contributed by atoms with van der Waals surface area (Å²) in [7, 11) is -0.739. The van der Waals surface area contributed by atoms with E-state index in [1.807, 2.05) is 19.9 Å². The van der Waals surface area contributed by atoms with Crippen LogP contribution in [0.15, 0.2) is 6.07 Å². The maximum Gasteiger partial charge on any atom is 0.225 e. The second-order valence-electron chi connectivity index (χ2n) is 5.31. The average molecular weight is 281 g/mol. The van der Waals surface area contributed by atoms with Crippen LogP contribution in [0.25, 0.3) is 0 Å². The van der Waals surface area contributed by atoms with E-state index in [4.69, 9.17) is 0 Å². The highest BCUT2D eigenvalue weighted by molar-refractivity contribution is 7.86. The second kappa shape index (κ2) is 5.57. The van der Waals surface area contributed by atoms with E-state index < -0.39 is 10.8 Å². The van der Waals surface area contributed by atoms with E-state index in [1.54, 1.807) is 0 Å². The molecule has 0 N–H and O–H groups in total. The number of anilines is 1. The Kier molecular flexibility index (Phi) is 4.23. The van der Waals surface area contributed by atoms with Crippen LogP contribution < -0.4 is 4.90 Å². The lowest BCUT2D eigenvalue weighted by Gasteiger charge is -2.41. The van der Waals surface area contributed by atoms with E-state index in [0.29, 0.717) is 0 Å². The summed E-state index contributed by atoms with van der Waals surface area (Å²) in [6, 6.07) is 1.98. The lowest BCUT2D eigenvalue weighted by atomic mass is 10.0. The first-order chi connectivity index (χ1) is 9.00. The summed E-state index contributed by atoms with van der Waals surface area (Å²) in [6.45, 7) is 9.84. The predicted molar refractivity (Wildman–Crippen MR) is 80.0 cm³/mol. The first kappa shape index (κ1) is 14.4. The zero-order valence-corrected chi connectivity index (χ0v) is 13.1. The van der Waals surface area contributed by atoms with Gasteiger partial charge in [0.15, 0.2) is 0 Å². The van der Waals surface area contributed by atoms with Crippen LogP contribution in [-0.2, 0) is 10.8 Å². The SMILES string of the molecule is CCC1(CC)CN(c2nc(C)cc(C)n2)CCS1=O. The molecular formula is C14H23N3OS. The van der Waals surface area contributed by atoms with Crippen molar-refractivity contribution < 1.29 is 4.21 Å². The smallest absolute Gasteiger partial charge is 0.225 e. The summed E-state index contributed by atoms with van der Waals surface area (Å²) in [4.78, 5) is 11.3. The van der Waals surface area contributed by atoms with Crippen molar-refractivity contribution in [2.45, 2.75) is 45.3 Å². The van der Waals surface area contributed by atoms with Gasteiger partial charge in [0.2, 0.25) is 5.95 Å². The number of nitrogens with zero attached hydrogens (tertiary/aromatic N) is 3. The summed E-state index contributed by atoms with van der Waals surface area (Å²) in [5.74, 6) is 1.51. The van der Waals surface area contributed by atoms with Crippen LogP contribution >= 0.6 is 0 Å². The quantitative estimate of drug-likeness (QED) is 0.852. The topological polar surface area (TPSA) is 46.1 Å². The third kappa shape index (κ3) is 2.81. The van der Waals surface area contributed by atoms with Gasteiger partial charge in [-0.15, -0.1) is 0 Å². The number of hydrogen-bond acceptors (Lipinski definition) is 4. The molecule has 0 aliphatic carbocycles. The molecule has 0 spiro atoms. The van der Waals surface area contributed by atoms with Gasteiger partial charge in [-0.05, 0) is 32.8 Å². The molecule has 1 aromatic heterocycles. The zero-order chi connectivity index (χ0) is 14.0. The van der Waals surface area contributed by atoms with Crippen LogP contribution in [0, 0.1) is 13.8 Å². The van der Waals surface area contributed by atoms with E-state index in [-0.39, 0.29) is 4.75 Å². The molecule has 1 aliphatic heterocycles. The van der Waals surface area contributed by atoms with Gasteiger partial charge in [0.25, 0.3) is 0 Å². The van der Waals surface area contributed by atoms with Gasteiger partial charge in [-0.2, -0.15) is 0 Å². The maximum absolute atomic E-state index is 12.3. The molecular weight excluding hydrogens is 258 g/mol. The summed E-state index contributed by atoms with van der Waals surface area (Å²) >= 11 is 0. The summed E-state index contributed by atoms with van der Waals surface area (Å²) in [6.07, 6.45) is 1.88. The molecule has 1 saturated heterocycles. The Balaban J connectivity index is 2.29. The molecule has 1 aromatic rings. The van der Waals surface area contributed by atoms with Gasteiger partial charge in [-0.1, -0.05) is 13.8 Å². The Morgan fingerprint density at radius 1 is 1.26 bits per heavy atom. The van der Waals surface area contributed by atoms with Crippen LogP contribution in [-0.4, -0.2) is 37.8 Å². The molecule has 0 amide bonds. The minimum atomic E-state index is -0.739. The molecule has 2 rings (SSSR count). The van der Waals surface area contributed by atoms with E-state index in [1.165, 1.54) is 0 Å². The number of aryl methyl sites for hydroxylation is 2. The highest BCUT2D eigenvalue weighted by Crippen LogP contribution is 2.30. The van der Waals surface area contributed by atoms with Crippen LogP contribution in [0.1, 0.15) is 38.1 Å². The van der Waals surface area contributed by atoms with Crippen LogP contribution in [0.4, 0.5) is 5.95 Å². The van der Waals surface area contributed by atoms with Gasteiger partial charge in [0.05, 0.1) is 4.75 Å². The lowest BCUT2D eigenvalue weighted by Crippen LogP contribution is -2.53. The number of aromatic nitrogens is 2. The Bertz CT molecular complexity index is 465. The molecule has 1 unspecified atom stereocenters. The van der Waals surface area contributed by atoms with Crippen molar-refractivity contribution in [1.29, 1.82) is 0 Å². The van der Waals surface area contributed by atoms with Gasteiger partial charge in [-0.25, -0.2) is 9.97 Å². The maximum atomic E-state index is 12.3. The van der Waals surface area contributed by atoms with Gasteiger partial charge < -0.3 is 4.90 Å². The third-order valence-electron chi connectivity index (χ3n) is 4.05. The monoisotopic (exact) mass is 281 g/mol. The predicted octanol–water partition coefficient (Wildman–Crippen LogP) is 2.22. The Hall–Kier alpha value is -0.970. The Morgan fingerprint density at radius 3 is 2.37 bits per heavy atom. The van der Waals surface area contributed by atoms with Crippen LogP contribution in [0.3, 0.4) is 0 Å². The highest BCUT2D eigenvalue weighted by atomic mass is 32.2. The molecule has 1 aliphatic rings. The molecule has 0 radical (unpaired) electrons. The van der Waals surface area contributed by atoms with E-state index >= 15 is 0 Å². The minimum absolute atomic E-state index is 0.0980. The molecule has 0 bridgehead atoms. The fourth-order valence-electron chi connectivity index (χ4n) is 2.72.